The van der Waals surface area contributed by atoms with Crippen LogP contribution in [-0.4, -0.2) is 61.2 Å². The van der Waals surface area contributed by atoms with Gasteiger partial charge in [-0.2, -0.15) is 5.10 Å². The monoisotopic (exact) mass is 468 g/mol. The molecule has 0 bridgehead atoms. The van der Waals surface area contributed by atoms with Crippen molar-refractivity contribution in [1.29, 1.82) is 0 Å². The number of nitrogens with zero attached hydrogens (tertiary/aromatic N) is 5. The number of carbonyl (C=O) groups excluding carboxylic acids is 1. The van der Waals surface area contributed by atoms with Gasteiger partial charge in [-0.25, -0.2) is 19.6 Å². The number of para-hydroxylation sites is 1. The topological polar surface area (TPSA) is 124 Å². The molecule has 2 atom stereocenters. The highest BCUT2D eigenvalue weighted by Gasteiger charge is 2.25. The maximum absolute atomic E-state index is 12.9. The maximum Gasteiger partial charge on any atom is 0.269 e. The van der Waals surface area contributed by atoms with Gasteiger partial charge in [0.25, 0.3) is 5.91 Å². The standard InChI is InChI=1S/C22H21ClN6O4/c1-14(11-30)32-12-18(21(31)28-19-8-4-5-9-24-19)33-22-15-10-27-29(20(15)25-13-26-22)17-7-3-2-6-16(17)23/h2-10,13-14,18,30H,11-12H2,1H3,(H,24,28,31)/t14?,18-/m0/s1. The lowest BCUT2D eigenvalue weighted by Crippen LogP contribution is -2.38. The van der Waals surface area contributed by atoms with Crippen molar-refractivity contribution in [2.75, 3.05) is 18.5 Å². The Bertz CT molecular complexity index is 1240. The van der Waals surface area contributed by atoms with E-state index >= 15 is 0 Å². The molecule has 0 aliphatic heterocycles. The number of nitrogens with one attached hydrogen (secondary N) is 1. The minimum absolute atomic E-state index is 0.120. The number of halogens is 1. The van der Waals surface area contributed by atoms with Crippen molar-refractivity contribution in [2.45, 2.75) is 19.1 Å². The quantitative estimate of drug-likeness (QED) is 0.384. The van der Waals surface area contributed by atoms with Crippen molar-refractivity contribution in [3.63, 3.8) is 0 Å². The second-order valence-electron chi connectivity index (χ2n) is 7.06. The van der Waals surface area contributed by atoms with E-state index in [-0.39, 0.29) is 19.1 Å². The Labute approximate surface area is 194 Å². The van der Waals surface area contributed by atoms with Crippen molar-refractivity contribution in [1.82, 2.24) is 24.7 Å². The van der Waals surface area contributed by atoms with Crippen LogP contribution in [0.4, 0.5) is 5.82 Å². The van der Waals surface area contributed by atoms with Gasteiger partial charge in [0.1, 0.15) is 17.5 Å². The van der Waals surface area contributed by atoms with E-state index in [2.05, 4.69) is 25.4 Å². The second-order valence-corrected chi connectivity index (χ2v) is 7.47. The van der Waals surface area contributed by atoms with Crippen LogP contribution in [0, 0.1) is 0 Å². The van der Waals surface area contributed by atoms with Crippen LogP contribution in [0.15, 0.2) is 61.2 Å². The number of hydrogen-bond donors (Lipinski definition) is 2. The second kappa shape index (κ2) is 10.3. The zero-order valence-electron chi connectivity index (χ0n) is 17.6. The van der Waals surface area contributed by atoms with Gasteiger partial charge in [0.05, 0.1) is 36.2 Å². The number of fused-ring (bicyclic) bond motifs is 1. The van der Waals surface area contributed by atoms with Gasteiger partial charge in [-0.3, -0.25) is 4.79 Å². The van der Waals surface area contributed by atoms with Crippen molar-refractivity contribution in [3.8, 4) is 11.6 Å². The zero-order valence-corrected chi connectivity index (χ0v) is 18.4. The van der Waals surface area contributed by atoms with Crippen LogP contribution < -0.4 is 10.1 Å². The highest BCUT2D eigenvalue weighted by molar-refractivity contribution is 6.32. The highest BCUT2D eigenvalue weighted by atomic mass is 35.5. The Kier molecular flexibility index (Phi) is 7.08. The molecular formula is C22H21ClN6O4. The van der Waals surface area contributed by atoms with Gasteiger partial charge in [-0.05, 0) is 31.2 Å². The minimum Gasteiger partial charge on any atom is -0.461 e. The fourth-order valence-corrected chi connectivity index (χ4v) is 3.18. The fourth-order valence-electron chi connectivity index (χ4n) is 2.96. The molecule has 0 aliphatic carbocycles. The van der Waals surface area contributed by atoms with Gasteiger partial charge >= 0.3 is 0 Å². The largest absolute Gasteiger partial charge is 0.461 e. The number of ether oxygens (including phenoxy) is 2. The van der Waals surface area contributed by atoms with Gasteiger partial charge in [-0.15, -0.1) is 0 Å². The lowest BCUT2D eigenvalue weighted by molar-refractivity contribution is -0.127. The maximum atomic E-state index is 12.9. The number of aliphatic hydroxyl groups is 1. The summed E-state index contributed by atoms with van der Waals surface area (Å²) in [5.41, 5.74) is 1.10. The molecule has 0 saturated heterocycles. The summed E-state index contributed by atoms with van der Waals surface area (Å²) in [4.78, 5) is 25.5. The molecule has 4 rings (SSSR count). The molecule has 1 amide bonds. The van der Waals surface area contributed by atoms with Crippen molar-refractivity contribution in [2.24, 2.45) is 0 Å². The van der Waals surface area contributed by atoms with Gasteiger partial charge in [0.2, 0.25) is 12.0 Å². The van der Waals surface area contributed by atoms with E-state index in [4.69, 9.17) is 21.1 Å². The number of rotatable bonds is 9. The van der Waals surface area contributed by atoms with Crippen molar-refractivity contribution < 1.29 is 19.4 Å². The van der Waals surface area contributed by atoms with Crippen LogP contribution in [0.25, 0.3) is 16.7 Å². The molecule has 4 aromatic rings. The Morgan fingerprint density at radius 1 is 1.18 bits per heavy atom. The minimum atomic E-state index is -1.08. The Balaban J connectivity index is 1.63. The molecule has 0 aliphatic rings. The molecule has 10 nitrogen and oxygen atoms in total. The van der Waals surface area contributed by atoms with Crippen LogP contribution in [0.3, 0.4) is 0 Å². The molecular weight excluding hydrogens is 448 g/mol. The molecule has 1 unspecified atom stereocenters. The summed E-state index contributed by atoms with van der Waals surface area (Å²) in [7, 11) is 0. The summed E-state index contributed by atoms with van der Waals surface area (Å²) >= 11 is 6.31. The lowest BCUT2D eigenvalue weighted by atomic mass is 10.3. The molecule has 0 spiro atoms. The van der Waals surface area contributed by atoms with E-state index in [1.54, 1.807) is 48.3 Å². The van der Waals surface area contributed by atoms with E-state index in [0.29, 0.717) is 27.6 Å². The van der Waals surface area contributed by atoms with Crippen molar-refractivity contribution >= 4 is 34.4 Å². The number of carbonyl (C=O) groups is 1. The fraction of sp³-hybridized carbons (Fsp3) is 0.227. The number of anilines is 1. The normalized spacial score (nSPS) is 12.9. The van der Waals surface area contributed by atoms with Crippen LogP contribution in [0.1, 0.15) is 6.92 Å². The number of aliphatic hydroxyl groups excluding tert-OH is 1. The predicted octanol–water partition coefficient (Wildman–Crippen LogP) is 2.65. The third-order valence-corrected chi connectivity index (χ3v) is 4.98. The van der Waals surface area contributed by atoms with Gasteiger partial charge < -0.3 is 19.9 Å². The van der Waals surface area contributed by atoms with E-state index in [0.717, 1.165) is 0 Å². The summed E-state index contributed by atoms with van der Waals surface area (Å²) in [6.07, 6.45) is 2.86. The highest BCUT2D eigenvalue weighted by Crippen LogP contribution is 2.27. The van der Waals surface area contributed by atoms with Crippen LogP contribution in [0.2, 0.25) is 5.02 Å². The van der Waals surface area contributed by atoms with Gasteiger partial charge in [0.15, 0.2) is 5.65 Å². The number of hydrogen-bond acceptors (Lipinski definition) is 8. The van der Waals surface area contributed by atoms with Gasteiger partial charge in [0, 0.05) is 6.20 Å². The number of amides is 1. The summed E-state index contributed by atoms with van der Waals surface area (Å²) in [5.74, 6) is 0.0366. The van der Waals surface area contributed by atoms with Crippen LogP contribution in [0.5, 0.6) is 5.88 Å². The number of benzene rings is 1. The first kappa shape index (κ1) is 22.6. The first-order valence-electron chi connectivity index (χ1n) is 10.1. The van der Waals surface area contributed by atoms with Gasteiger partial charge in [-0.1, -0.05) is 29.8 Å². The molecule has 2 N–H and O–H groups in total. The summed E-state index contributed by atoms with van der Waals surface area (Å²) in [6.45, 7) is 1.37. The predicted molar refractivity (Wildman–Crippen MR) is 121 cm³/mol. The molecule has 11 heteroatoms. The molecule has 170 valence electrons. The van der Waals surface area contributed by atoms with E-state index < -0.39 is 18.1 Å². The average Bonchev–Trinajstić information content (AvgIpc) is 3.27. The molecule has 0 radical (unpaired) electrons. The zero-order chi connectivity index (χ0) is 23.2. The lowest BCUT2D eigenvalue weighted by Gasteiger charge is -2.20. The first-order valence-corrected chi connectivity index (χ1v) is 10.5. The summed E-state index contributed by atoms with van der Waals surface area (Å²) in [5, 5.41) is 17.3. The molecule has 1 aromatic carbocycles. The van der Waals surface area contributed by atoms with Crippen molar-refractivity contribution in [3.05, 3.63) is 66.2 Å². The smallest absolute Gasteiger partial charge is 0.269 e. The third-order valence-electron chi connectivity index (χ3n) is 4.66. The Morgan fingerprint density at radius 3 is 2.76 bits per heavy atom. The van der Waals surface area contributed by atoms with Crippen LogP contribution >= 0.6 is 11.6 Å². The third kappa shape index (κ3) is 5.25. The van der Waals surface area contributed by atoms with Crippen LogP contribution in [-0.2, 0) is 9.53 Å². The SMILES string of the molecule is CC(CO)OC[C@H](Oc1ncnc2c1cnn2-c1ccccc1Cl)C(=O)Nc1ccccn1. The first-order chi connectivity index (χ1) is 16.1. The Morgan fingerprint density at radius 2 is 2.00 bits per heavy atom. The molecule has 0 saturated carbocycles. The molecule has 3 aromatic heterocycles. The summed E-state index contributed by atoms with van der Waals surface area (Å²) < 4.78 is 13.1. The average molecular weight is 469 g/mol. The van der Waals surface area contributed by atoms with E-state index in [1.165, 1.54) is 6.33 Å². The number of aromatic nitrogens is 5. The molecule has 0 fully saturated rings. The van der Waals surface area contributed by atoms with E-state index in [9.17, 15) is 9.90 Å². The number of pyridine rings is 1. The molecule has 3 heterocycles. The molecule has 33 heavy (non-hydrogen) atoms. The Hall–Kier alpha value is -3.60. The van der Waals surface area contributed by atoms with E-state index in [1.807, 2.05) is 18.2 Å². The summed E-state index contributed by atoms with van der Waals surface area (Å²) in [6, 6.07) is 12.4.